The summed E-state index contributed by atoms with van der Waals surface area (Å²) in [6, 6.07) is 11.7. The van der Waals surface area contributed by atoms with E-state index in [1.165, 1.54) is 57.4 Å². The molecule has 0 saturated carbocycles. The van der Waals surface area contributed by atoms with Gasteiger partial charge in [-0.05, 0) is 56.8 Å². The van der Waals surface area contributed by atoms with Crippen molar-refractivity contribution in [1.29, 1.82) is 0 Å². The highest BCUT2D eigenvalue weighted by Gasteiger charge is 2.25. The van der Waals surface area contributed by atoms with Crippen LogP contribution < -0.4 is 5.32 Å². The summed E-state index contributed by atoms with van der Waals surface area (Å²) < 4.78 is 0. The van der Waals surface area contributed by atoms with Crippen LogP contribution in [0.1, 0.15) is 37.2 Å². The number of nitrogens with one attached hydrogen (secondary N) is 1. The first-order valence-electron chi connectivity index (χ1n) is 7.42. The van der Waals surface area contributed by atoms with Crippen LogP contribution in [0.3, 0.4) is 0 Å². The van der Waals surface area contributed by atoms with E-state index in [1.54, 1.807) is 0 Å². The molecule has 1 N–H and O–H groups in total. The van der Waals surface area contributed by atoms with E-state index in [9.17, 15) is 0 Å². The van der Waals surface area contributed by atoms with Crippen LogP contribution in [0.25, 0.3) is 0 Å². The molecule has 2 saturated heterocycles. The number of hydrogen-bond donors (Lipinski definition) is 1. The van der Waals surface area contributed by atoms with Crippen molar-refractivity contribution in [2.24, 2.45) is 0 Å². The molecule has 0 bridgehead atoms. The molecular weight excluding hydrogens is 220 g/mol. The fraction of sp³-hybridized carbons (Fsp3) is 0.625. The zero-order chi connectivity index (χ0) is 12.2. The number of piperidine rings is 1. The number of hydrogen-bond acceptors (Lipinski definition) is 2. The molecule has 0 radical (unpaired) electrons. The van der Waals surface area contributed by atoms with Gasteiger partial charge < -0.3 is 10.2 Å². The van der Waals surface area contributed by atoms with Crippen molar-refractivity contribution in [2.75, 3.05) is 26.2 Å². The summed E-state index contributed by atoms with van der Waals surface area (Å²) in [6.45, 7) is 5.06. The number of benzene rings is 1. The van der Waals surface area contributed by atoms with E-state index in [1.807, 2.05) is 0 Å². The predicted molar refractivity (Wildman–Crippen MR) is 75.9 cm³/mol. The zero-order valence-corrected chi connectivity index (χ0v) is 11.1. The lowest BCUT2D eigenvalue weighted by atomic mass is 9.86. The molecule has 18 heavy (non-hydrogen) atoms. The van der Waals surface area contributed by atoms with E-state index >= 15 is 0 Å². The summed E-state index contributed by atoms with van der Waals surface area (Å²) in [5.41, 5.74) is 1.53. The van der Waals surface area contributed by atoms with Crippen molar-refractivity contribution in [3.05, 3.63) is 35.9 Å². The maximum absolute atomic E-state index is 3.70. The summed E-state index contributed by atoms with van der Waals surface area (Å²) in [6.07, 6.45) is 5.39. The highest BCUT2D eigenvalue weighted by Crippen LogP contribution is 2.28. The summed E-state index contributed by atoms with van der Waals surface area (Å²) in [5, 5.41) is 3.70. The fourth-order valence-corrected chi connectivity index (χ4v) is 3.45. The first-order valence-corrected chi connectivity index (χ1v) is 7.42. The van der Waals surface area contributed by atoms with E-state index in [0.717, 1.165) is 5.92 Å². The first-order chi connectivity index (χ1) is 8.92. The largest absolute Gasteiger partial charge is 0.313 e. The molecule has 3 rings (SSSR count). The van der Waals surface area contributed by atoms with Crippen LogP contribution in [0.15, 0.2) is 30.3 Å². The summed E-state index contributed by atoms with van der Waals surface area (Å²) in [4.78, 5) is 2.63. The Labute approximate surface area is 110 Å². The summed E-state index contributed by atoms with van der Waals surface area (Å²) >= 11 is 0. The lowest BCUT2D eigenvalue weighted by Gasteiger charge is -2.33. The highest BCUT2D eigenvalue weighted by atomic mass is 15.2. The minimum Gasteiger partial charge on any atom is -0.313 e. The van der Waals surface area contributed by atoms with Gasteiger partial charge in [-0.15, -0.1) is 0 Å². The average molecular weight is 244 g/mol. The van der Waals surface area contributed by atoms with Gasteiger partial charge in [0.15, 0.2) is 0 Å². The molecule has 2 aliphatic heterocycles. The van der Waals surface area contributed by atoms with E-state index in [0.29, 0.717) is 6.04 Å². The maximum Gasteiger partial charge on any atom is 0.0200 e. The molecule has 0 aromatic heterocycles. The standard InChI is InChI=1S/C16H24N2/c1-2-6-14(7-3-1)15-8-9-17-16(12-15)13-18-10-4-5-11-18/h1-3,6-7,15-17H,4-5,8-13H2/t15-,16+/m1/s1. The van der Waals surface area contributed by atoms with Crippen molar-refractivity contribution < 1.29 is 0 Å². The Morgan fingerprint density at radius 2 is 1.89 bits per heavy atom. The molecular formula is C16H24N2. The first kappa shape index (κ1) is 12.2. The molecule has 2 heterocycles. The normalized spacial score (nSPS) is 29.6. The molecule has 0 aliphatic carbocycles. The van der Waals surface area contributed by atoms with Crippen molar-refractivity contribution in [3.8, 4) is 0 Å². The van der Waals surface area contributed by atoms with Crippen molar-refractivity contribution in [1.82, 2.24) is 10.2 Å². The predicted octanol–water partition coefficient (Wildman–Crippen LogP) is 2.62. The molecule has 2 aliphatic rings. The molecule has 2 fully saturated rings. The minimum atomic E-state index is 0.696. The topological polar surface area (TPSA) is 15.3 Å². The second-order valence-corrected chi connectivity index (χ2v) is 5.79. The Balaban J connectivity index is 1.58. The van der Waals surface area contributed by atoms with Gasteiger partial charge >= 0.3 is 0 Å². The third-order valence-electron chi connectivity index (χ3n) is 4.44. The van der Waals surface area contributed by atoms with Crippen molar-refractivity contribution >= 4 is 0 Å². The summed E-state index contributed by atoms with van der Waals surface area (Å²) in [7, 11) is 0. The Morgan fingerprint density at radius 1 is 1.11 bits per heavy atom. The van der Waals surface area contributed by atoms with E-state index in [2.05, 4.69) is 40.5 Å². The lowest BCUT2D eigenvalue weighted by molar-refractivity contribution is 0.251. The molecule has 2 atom stereocenters. The van der Waals surface area contributed by atoms with Crippen LogP contribution in [0.5, 0.6) is 0 Å². The zero-order valence-electron chi connectivity index (χ0n) is 11.1. The number of likely N-dealkylation sites (tertiary alicyclic amines) is 1. The maximum atomic E-state index is 3.70. The van der Waals surface area contributed by atoms with Gasteiger partial charge in [-0.1, -0.05) is 30.3 Å². The van der Waals surface area contributed by atoms with E-state index in [-0.39, 0.29) is 0 Å². The van der Waals surface area contributed by atoms with Crippen LogP contribution in [0.4, 0.5) is 0 Å². The summed E-state index contributed by atoms with van der Waals surface area (Å²) in [5.74, 6) is 0.764. The van der Waals surface area contributed by atoms with Gasteiger partial charge in [0, 0.05) is 12.6 Å². The van der Waals surface area contributed by atoms with Gasteiger partial charge in [0.1, 0.15) is 0 Å². The molecule has 0 unspecified atom stereocenters. The number of nitrogens with zero attached hydrogens (tertiary/aromatic N) is 1. The Hall–Kier alpha value is -0.860. The molecule has 1 aromatic carbocycles. The quantitative estimate of drug-likeness (QED) is 0.879. The smallest absolute Gasteiger partial charge is 0.0200 e. The molecule has 0 amide bonds. The second-order valence-electron chi connectivity index (χ2n) is 5.79. The van der Waals surface area contributed by atoms with Crippen LogP contribution in [-0.2, 0) is 0 Å². The van der Waals surface area contributed by atoms with Crippen LogP contribution >= 0.6 is 0 Å². The van der Waals surface area contributed by atoms with Crippen LogP contribution in [0, 0.1) is 0 Å². The van der Waals surface area contributed by atoms with Gasteiger partial charge in [-0.25, -0.2) is 0 Å². The molecule has 0 spiro atoms. The molecule has 98 valence electrons. The minimum absolute atomic E-state index is 0.696. The van der Waals surface area contributed by atoms with Crippen molar-refractivity contribution in [3.63, 3.8) is 0 Å². The van der Waals surface area contributed by atoms with Crippen LogP contribution in [0.2, 0.25) is 0 Å². The Kier molecular flexibility index (Phi) is 3.96. The van der Waals surface area contributed by atoms with E-state index < -0.39 is 0 Å². The average Bonchev–Trinajstić information content (AvgIpc) is 2.93. The third kappa shape index (κ3) is 2.93. The second kappa shape index (κ2) is 5.85. The number of rotatable bonds is 3. The Morgan fingerprint density at radius 3 is 2.67 bits per heavy atom. The molecule has 2 heteroatoms. The van der Waals surface area contributed by atoms with E-state index in [4.69, 9.17) is 0 Å². The molecule has 1 aromatic rings. The fourth-order valence-electron chi connectivity index (χ4n) is 3.45. The highest BCUT2D eigenvalue weighted by molar-refractivity contribution is 5.20. The van der Waals surface area contributed by atoms with Gasteiger partial charge in [0.2, 0.25) is 0 Å². The van der Waals surface area contributed by atoms with Crippen LogP contribution in [-0.4, -0.2) is 37.1 Å². The third-order valence-corrected chi connectivity index (χ3v) is 4.44. The Bertz CT molecular complexity index is 357. The monoisotopic (exact) mass is 244 g/mol. The van der Waals surface area contributed by atoms with Gasteiger partial charge in [0.25, 0.3) is 0 Å². The lowest BCUT2D eigenvalue weighted by Crippen LogP contribution is -2.44. The van der Waals surface area contributed by atoms with Gasteiger partial charge in [0.05, 0.1) is 0 Å². The van der Waals surface area contributed by atoms with Crippen molar-refractivity contribution in [2.45, 2.75) is 37.6 Å². The molecule has 2 nitrogen and oxygen atoms in total. The van der Waals surface area contributed by atoms with Gasteiger partial charge in [-0.2, -0.15) is 0 Å². The van der Waals surface area contributed by atoms with Gasteiger partial charge in [-0.3, -0.25) is 0 Å². The SMILES string of the molecule is c1ccc([C@@H]2CCN[C@H](CN3CCCC3)C2)cc1.